The molecule has 9 rings (SSSR count). The molecule has 0 aromatic carbocycles. The fourth-order valence-electron chi connectivity index (χ4n) is 5.69. The second-order valence-electron chi connectivity index (χ2n) is 17.8. The zero-order chi connectivity index (χ0) is 92.8. The largest absolute Gasteiger partial charge is 0.462 e. The van der Waals surface area contributed by atoms with Crippen LogP contribution in [-0.4, -0.2) is 178 Å². The highest BCUT2D eigenvalue weighted by molar-refractivity contribution is 5.90. The molecule has 0 saturated heterocycles. The van der Waals surface area contributed by atoms with E-state index in [4.69, 9.17) is 60.1 Å². The lowest BCUT2D eigenvalue weighted by molar-refractivity contribution is 0.0502. The summed E-state index contributed by atoms with van der Waals surface area (Å²) in [7, 11) is 0. The highest BCUT2D eigenvalue weighted by Gasteiger charge is 2.13. The van der Waals surface area contributed by atoms with E-state index in [1.165, 1.54) is 86.2 Å². The standard InChI is InChI=1S/C8H10N2O2.6C7H9N3O2.2C5H7N3.9C2H6.5CH4/c1-3-12-8(11)7-9-5-4-6(2)10-7;1-2-12-7(11)5-3-10-6(8)4-9-5;1-2-12-7(11)6-9-3-5(8)4-10-6;1-2-12-6(11)5-3-9-7(8)10-4-5;1-2-12-7(11)6-3-5(8)4-9-10-6;1-2-12-7(11)5-3-6(8)10-9-4-5;1-2-12-7(11)5-3-4-6(8)10-9-5;1-4-2-7-3-5(6)8-4;1-4-2-3-7-5(6)8-4;9*1-2;;;;;/h4-5H,3H2,1-2H3;3-4H,2H2,1H3,(H2,8,10);3-4H,2,8H2,1H3;3-4H,2H2,1H3,(H2,8,9,10);3*3-4H,2H2,1H3,(H2,8,10);2-3H,1H3,(H2,6,8);2-3H,1H3,(H2,6,7,8);9*1-2H3;5*1H4. The minimum absolute atomic E-state index is 0. The van der Waals surface area contributed by atoms with Crippen molar-refractivity contribution in [2.75, 3.05) is 92.1 Å². The Kier molecular flexibility index (Phi) is 116. The van der Waals surface area contributed by atoms with Crippen LogP contribution in [-0.2, 0) is 33.2 Å². The Morgan fingerprint density at radius 1 is 0.276 bits per heavy atom. The number of esters is 7. The van der Waals surface area contributed by atoms with Gasteiger partial charge in [-0.05, 0) is 106 Å². The van der Waals surface area contributed by atoms with Crippen molar-refractivity contribution in [1.82, 2.24) is 90.4 Å². The number of rotatable bonds is 14. The van der Waals surface area contributed by atoms with Gasteiger partial charge in [-0.3, -0.25) is 4.98 Å². The Bertz CT molecular complexity index is 3470. The number of anilines is 8. The second kappa shape index (κ2) is 101. The van der Waals surface area contributed by atoms with Crippen molar-refractivity contribution in [3.63, 3.8) is 0 Å². The average molecular weight is 1740 g/mol. The molecule has 0 aliphatic heterocycles. The van der Waals surface area contributed by atoms with Crippen molar-refractivity contribution >= 4 is 88.3 Å². The third kappa shape index (κ3) is 78.0. The lowest BCUT2D eigenvalue weighted by Crippen LogP contribution is -2.09. The van der Waals surface area contributed by atoms with Gasteiger partial charge >= 0.3 is 41.8 Å². The summed E-state index contributed by atoms with van der Waals surface area (Å²) in [6, 6.07) is 9.34. The first kappa shape index (κ1) is 141. The van der Waals surface area contributed by atoms with Crippen LogP contribution < -0.4 is 45.9 Å². The van der Waals surface area contributed by atoms with Crippen LogP contribution in [0, 0.1) is 20.8 Å². The molecule has 9 aromatic rings. The number of nitrogen functional groups attached to an aromatic ring is 8. The smallest absolute Gasteiger partial charge is 0.376 e. The molecule has 0 radical (unpaired) electrons. The lowest BCUT2D eigenvalue weighted by Gasteiger charge is -1.99. The van der Waals surface area contributed by atoms with E-state index in [9.17, 15) is 33.6 Å². The van der Waals surface area contributed by atoms with Gasteiger partial charge in [0, 0.05) is 42.4 Å². The minimum Gasteiger partial charge on any atom is -0.462 e. The van der Waals surface area contributed by atoms with Gasteiger partial charge in [-0.2, -0.15) is 10.2 Å². The molecule has 0 aliphatic carbocycles. The Morgan fingerprint density at radius 3 is 1.07 bits per heavy atom. The van der Waals surface area contributed by atoms with E-state index < -0.39 is 41.8 Å². The Labute approximate surface area is 733 Å². The van der Waals surface area contributed by atoms with Gasteiger partial charge < -0.3 is 79.0 Å². The van der Waals surface area contributed by atoms with Gasteiger partial charge in [-0.1, -0.05) is 162 Å². The number of carbonyl (C=O) groups excluding carboxylic acids is 7. The van der Waals surface area contributed by atoms with Crippen LogP contribution in [0.25, 0.3) is 0 Å². The van der Waals surface area contributed by atoms with E-state index in [1.807, 2.05) is 138 Å². The van der Waals surface area contributed by atoms with Gasteiger partial charge in [0.25, 0.3) is 0 Å². The SMILES string of the molecule is C.C.C.C.C.CC.CC.CC.CC.CC.CC.CC.CC.CC.CCOC(=O)c1cc(N)cnn1.CCOC(=O)c1ccc(N)nn1.CCOC(=O)c1cnc(N)cn1.CCOC(=O)c1cnc(N)nc1.CCOC(=O)c1cnnc(N)c1.CCOC(=O)c1ncc(N)cn1.CCOC(=O)c1nccc(C)n1.Cc1ccnc(N)n1.Cc1cncc(N)n1. The molecule has 0 amide bonds. The Hall–Kier alpha value is -13.6. The van der Waals surface area contributed by atoms with Crippen LogP contribution >= 0.6 is 0 Å². The van der Waals surface area contributed by atoms with Crippen molar-refractivity contribution in [1.29, 1.82) is 0 Å². The van der Waals surface area contributed by atoms with Gasteiger partial charge in [0.2, 0.25) is 23.5 Å². The molecule has 40 nitrogen and oxygen atoms in total. The molecule has 0 aliphatic rings. The fraction of sp³-hybridized carbons (Fsp3) is 0.482. The van der Waals surface area contributed by atoms with Crippen LogP contribution in [0.4, 0.5) is 46.5 Å². The predicted octanol–water partition coefficient (Wildman–Crippen LogP) is 15.5. The van der Waals surface area contributed by atoms with E-state index in [0.717, 1.165) is 17.1 Å². The van der Waals surface area contributed by atoms with E-state index in [2.05, 4.69) is 109 Å². The summed E-state index contributed by atoms with van der Waals surface area (Å²) in [6.45, 7) is 55.9. The highest BCUT2D eigenvalue weighted by atomic mass is 16.6. The van der Waals surface area contributed by atoms with E-state index in [0.29, 0.717) is 80.5 Å². The van der Waals surface area contributed by atoms with Crippen molar-refractivity contribution in [3.8, 4) is 0 Å². The molecule has 123 heavy (non-hydrogen) atoms. The molecule has 698 valence electrons. The molecular formula is C83H152N26O14. The zero-order valence-corrected chi connectivity index (χ0v) is 74.2. The minimum atomic E-state index is -0.530. The average Bonchev–Trinajstić information content (AvgIpc) is 0.908. The van der Waals surface area contributed by atoms with Gasteiger partial charge in [0.1, 0.15) is 23.3 Å². The summed E-state index contributed by atoms with van der Waals surface area (Å²) in [5.41, 5.74) is 46.8. The number of nitrogens with two attached hydrogens (primary N) is 8. The first-order chi connectivity index (χ1) is 56.7. The van der Waals surface area contributed by atoms with Crippen molar-refractivity contribution < 1.29 is 66.7 Å². The number of carbonyl (C=O) groups is 7. The van der Waals surface area contributed by atoms with Crippen molar-refractivity contribution in [3.05, 3.63) is 168 Å². The summed E-state index contributed by atoms with van der Waals surface area (Å²) >= 11 is 0. The number of ether oxygens (including phenoxy) is 7. The number of aryl methyl sites for hydroxylation is 3. The zero-order valence-electron chi connectivity index (χ0n) is 74.2. The monoisotopic (exact) mass is 1740 g/mol. The summed E-state index contributed by atoms with van der Waals surface area (Å²) in [6.07, 6.45) is 17.0. The Morgan fingerprint density at radius 2 is 0.691 bits per heavy atom. The second-order valence-corrected chi connectivity index (χ2v) is 17.8. The maximum absolute atomic E-state index is 11.1. The van der Waals surface area contributed by atoms with E-state index in [1.54, 1.807) is 79.9 Å². The third-order valence-electron chi connectivity index (χ3n) is 9.82. The van der Waals surface area contributed by atoms with Gasteiger partial charge in [-0.25, -0.2) is 88.4 Å². The number of nitrogens with zero attached hydrogens (tertiary/aromatic N) is 18. The molecule has 0 spiro atoms. The highest BCUT2D eigenvalue weighted by Crippen LogP contribution is 2.06. The molecule has 16 N–H and O–H groups in total. The molecule has 0 unspecified atom stereocenters. The molecule has 9 aromatic heterocycles. The first-order valence-corrected chi connectivity index (χ1v) is 38.3. The molecular weight excluding hydrogens is 1590 g/mol. The predicted molar refractivity (Wildman–Crippen MR) is 495 cm³/mol. The normalized spacial score (nSPS) is 8.07. The van der Waals surface area contributed by atoms with Crippen LogP contribution in [0.15, 0.2) is 111 Å². The fourth-order valence-corrected chi connectivity index (χ4v) is 5.69. The summed E-state index contributed by atoms with van der Waals surface area (Å²) in [4.78, 5) is 122. The van der Waals surface area contributed by atoms with Gasteiger partial charge in [0.15, 0.2) is 17.1 Å². The first-order valence-electron chi connectivity index (χ1n) is 38.3. The summed E-state index contributed by atoms with van der Waals surface area (Å²) in [5, 5.41) is 21.1. The molecule has 0 saturated carbocycles. The van der Waals surface area contributed by atoms with Crippen LogP contribution in [0.5, 0.6) is 0 Å². The van der Waals surface area contributed by atoms with E-state index in [-0.39, 0.29) is 89.3 Å². The Balaban J connectivity index is -0.0000000881. The molecule has 0 atom stereocenters. The van der Waals surface area contributed by atoms with Crippen LogP contribution in [0.3, 0.4) is 0 Å². The number of aromatic nitrogens is 18. The van der Waals surface area contributed by atoms with Crippen molar-refractivity contribution in [2.24, 2.45) is 0 Å². The van der Waals surface area contributed by atoms with Crippen LogP contribution in [0.1, 0.15) is 301 Å². The number of hydrogen-bond acceptors (Lipinski definition) is 40. The molecule has 0 fully saturated rings. The van der Waals surface area contributed by atoms with Gasteiger partial charge in [0.05, 0.1) is 118 Å². The van der Waals surface area contributed by atoms with Crippen molar-refractivity contribution in [2.45, 2.75) is 231 Å². The topological polar surface area (TPSA) is 624 Å². The maximum Gasteiger partial charge on any atom is 0.376 e. The van der Waals surface area contributed by atoms with E-state index >= 15 is 0 Å². The lowest BCUT2D eigenvalue weighted by atomic mass is 10.3. The number of hydrogen-bond donors (Lipinski definition) is 8. The summed E-state index contributed by atoms with van der Waals surface area (Å²) < 4.78 is 32.9. The van der Waals surface area contributed by atoms with Gasteiger partial charge in [-0.15, -0.1) is 20.4 Å². The molecule has 40 heteroatoms. The third-order valence-corrected chi connectivity index (χ3v) is 9.82. The maximum atomic E-state index is 11.1. The molecule has 0 bridgehead atoms. The van der Waals surface area contributed by atoms with Crippen LogP contribution in [0.2, 0.25) is 0 Å². The molecule has 9 heterocycles. The summed E-state index contributed by atoms with van der Waals surface area (Å²) in [5.74, 6) is -1.45. The quantitative estimate of drug-likeness (QED) is 0.0370.